The van der Waals surface area contributed by atoms with Crippen molar-refractivity contribution < 1.29 is 4.79 Å². The fourth-order valence-corrected chi connectivity index (χ4v) is 3.39. The molecule has 1 aromatic carbocycles. The zero-order valence-corrected chi connectivity index (χ0v) is 14.2. The average molecular weight is 368 g/mol. The molecule has 23 heavy (non-hydrogen) atoms. The predicted molar refractivity (Wildman–Crippen MR) is 87.9 cm³/mol. The molecule has 3 rings (SSSR count). The van der Waals surface area contributed by atoms with Crippen LogP contribution < -0.4 is 5.32 Å². The van der Waals surface area contributed by atoms with Gasteiger partial charge < -0.3 is 5.32 Å². The third-order valence-electron chi connectivity index (χ3n) is 2.70. The number of nitrogens with zero attached hydrogens (tertiary/aromatic N) is 6. The summed E-state index contributed by atoms with van der Waals surface area (Å²) in [7, 11) is 0. The molecule has 0 aliphatic heterocycles. The Morgan fingerprint density at radius 2 is 2.30 bits per heavy atom. The number of tetrazole rings is 1. The molecule has 0 atom stereocenters. The molecule has 2 aromatic heterocycles. The first-order valence-corrected chi connectivity index (χ1v) is 8.53. The number of thioether (sulfide) groups is 1. The van der Waals surface area contributed by atoms with E-state index in [4.69, 9.17) is 11.6 Å². The third-order valence-corrected chi connectivity index (χ3v) is 4.61. The Labute approximate surface area is 144 Å². The van der Waals surface area contributed by atoms with Crippen molar-refractivity contribution in [3.8, 4) is 5.69 Å². The lowest BCUT2D eigenvalue weighted by Crippen LogP contribution is -2.07. The summed E-state index contributed by atoms with van der Waals surface area (Å²) in [5.74, 6) is 0.375. The molecule has 0 fully saturated rings. The van der Waals surface area contributed by atoms with Crippen LogP contribution in [0.2, 0.25) is 4.34 Å². The van der Waals surface area contributed by atoms with E-state index in [2.05, 4.69) is 30.4 Å². The lowest BCUT2D eigenvalue weighted by Gasteiger charge is -2.06. The summed E-state index contributed by atoms with van der Waals surface area (Å²) < 4.78 is 5.94. The van der Waals surface area contributed by atoms with Gasteiger partial charge in [-0.05, 0) is 28.6 Å². The third kappa shape index (κ3) is 3.84. The Morgan fingerprint density at radius 3 is 3.04 bits per heavy atom. The summed E-state index contributed by atoms with van der Waals surface area (Å²) in [5, 5.41) is 19.0. The number of nitrogens with one attached hydrogen (secondary N) is 1. The molecule has 11 heteroatoms. The van der Waals surface area contributed by atoms with Gasteiger partial charge in [0, 0.05) is 29.9 Å². The first-order valence-electron chi connectivity index (χ1n) is 6.39. The number of amides is 1. The topological polar surface area (TPSA) is 98.5 Å². The summed E-state index contributed by atoms with van der Waals surface area (Å²) in [6, 6.07) is 7.25. The highest BCUT2D eigenvalue weighted by Gasteiger charge is 2.12. The molecule has 0 saturated heterocycles. The maximum absolute atomic E-state index is 11.2. The average Bonchev–Trinajstić information content (AvgIpc) is 3.13. The molecule has 118 valence electrons. The molecule has 0 unspecified atom stereocenters. The highest BCUT2D eigenvalue weighted by molar-refractivity contribution is 7.98. The lowest BCUT2D eigenvalue weighted by atomic mass is 10.3. The molecule has 0 bridgehead atoms. The van der Waals surface area contributed by atoms with Crippen molar-refractivity contribution in [1.82, 2.24) is 29.8 Å². The largest absolute Gasteiger partial charge is 0.326 e. The van der Waals surface area contributed by atoms with Crippen LogP contribution in [-0.4, -0.2) is 35.7 Å². The molecule has 2 heterocycles. The maximum atomic E-state index is 11.2. The van der Waals surface area contributed by atoms with Crippen molar-refractivity contribution in [3.05, 3.63) is 34.3 Å². The number of aromatic nitrogens is 6. The van der Waals surface area contributed by atoms with Crippen molar-refractivity contribution in [2.24, 2.45) is 0 Å². The normalized spacial score (nSPS) is 10.7. The van der Waals surface area contributed by atoms with Crippen LogP contribution in [0.5, 0.6) is 0 Å². The summed E-state index contributed by atoms with van der Waals surface area (Å²) in [4.78, 5) is 11.2. The molecule has 8 nitrogen and oxygen atoms in total. The second-order valence-electron chi connectivity index (χ2n) is 4.39. The molecular weight excluding hydrogens is 358 g/mol. The summed E-state index contributed by atoms with van der Waals surface area (Å²) in [6.07, 6.45) is 0. The quantitative estimate of drug-likeness (QED) is 0.691. The molecular formula is C12H10ClN7OS2. The minimum Gasteiger partial charge on any atom is -0.326 e. The Kier molecular flexibility index (Phi) is 4.84. The first kappa shape index (κ1) is 15.8. The summed E-state index contributed by atoms with van der Waals surface area (Å²) in [6.45, 7) is 1.45. The zero-order valence-electron chi connectivity index (χ0n) is 11.8. The number of halogens is 1. The number of carbonyl (C=O) groups is 1. The van der Waals surface area contributed by atoms with Crippen LogP contribution in [-0.2, 0) is 10.5 Å². The monoisotopic (exact) mass is 367 g/mol. The van der Waals surface area contributed by atoms with Crippen molar-refractivity contribution >= 4 is 46.5 Å². The van der Waals surface area contributed by atoms with Crippen LogP contribution in [0.3, 0.4) is 0 Å². The number of anilines is 1. The van der Waals surface area contributed by atoms with Crippen LogP contribution in [0, 0.1) is 0 Å². The van der Waals surface area contributed by atoms with E-state index < -0.39 is 0 Å². The smallest absolute Gasteiger partial charge is 0.221 e. The lowest BCUT2D eigenvalue weighted by molar-refractivity contribution is -0.114. The molecule has 3 aromatic rings. The minimum absolute atomic E-state index is 0.140. The van der Waals surface area contributed by atoms with Gasteiger partial charge in [-0.2, -0.15) is 4.68 Å². The van der Waals surface area contributed by atoms with Crippen molar-refractivity contribution in [2.75, 3.05) is 5.32 Å². The van der Waals surface area contributed by atoms with E-state index in [9.17, 15) is 4.79 Å². The van der Waals surface area contributed by atoms with E-state index in [1.54, 1.807) is 16.8 Å². The molecule has 0 aliphatic rings. The first-order chi connectivity index (χ1) is 11.1. The summed E-state index contributed by atoms with van der Waals surface area (Å²) >= 11 is 8.53. The van der Waals surface area contributed by atoms with Crippen LogP contribution in [0.1, 0.15) is 12.6 Å². The number of hydrogen-bond acceptors (Lipinski definition) is 8. The van der Waals surface area contributed by atoms with Gasteiger partial charge in [0.1, 0.15) is 10.0 Å². The van der Waals surface area contributed by atoms with Gasteiger partial charge in [0.2, 0.25) is 11.1 Å². The highest BCUT2D eigenvalue weighted by Crippen LogP contribution is 2.27. The minimum atomic E-state index is -0.140. The van der Waals surface area contributed by atoms with Gasteiger partial charge in [0.15, 0.2) is 0 Å². The van der Waals surface area contributed by atoms with Crippen LogP contribution in [0.25, 0.3) is 5.69 Å². The molecule has 0 aliphatic carbocycles. The predicted octanol–water partition coefficient (Wildman–Crippen LogP) is 2.42. The van der Waals surface area contributed by atoms with Gasteiger partial charge in [-0.25, -0.2) is 0 Å². The maximum Gasteiger partial charge on any atom is 0.221 e. The van der Waals surface area contributed by atoms with Crippen molar-refractivity contribution in [2.45, 2.75) is 17.8 Å². The van der Waals surface area contributed by atoms with Gasteiger partial charge in [-0.3, -0.25) is 4.79 Å². The molecule has 1 amide bonds. The Hall–Kier alpha value is -2.04. The van der Waals surface area contributed by atoms with E-state index in [0.29, 0.717) is 26.6 Å². The van der Waals surface area contributed by atoms with Crippen LogP contribution in [0.15, 0.2) is 29.4 Å². The van der Waals surface area contributed by atoms with Crippen molar-refractivity contribution in [1.29, 1.82) is 0 Å². The number of carbonyl (C=O) groups excluding carboxylic acids is 1. The number of hydrogen-bond donors (Lipinski definition) is 1. The van der Waals surface area contributed by atoms with Crippen molar-refractivity contribution in [3.63, 3.8) is 0 Å². The Morgan fingerprint density at radius 1 is 1.43 bits per heavy atom. The van der Waals surface area contributed by atoms with E-state index in [1.807, 2.05) is 12.1 Å². The number of benzene rings is 1. The van der Waals surface area contributed by atoms with Gasteiger partial charge >= 0.3 is 0 Å². The van der Waals surface area contributed by atoms with Gasteiger partial charge in [0.05, 0.1) is 5.69 Å². The van der Waals surface area contributed by atoms with Crippen LogP contribution >= 0.6 is 34.9 Å². The summed E-state index contributed by atoms with van der Waals surface area (Å²) in [5.41, 5.74) is 2.11. The fourth-order valence-electron chi connectivity index (χ4n) is 1.77. The van der Waals surface area contributed by atoms with Gasteiger partial charge in [-0.15, -0.1) is 10.2 Å². The molecule has 0 saturated carbocycles. The van der Waals surface area contributed by atoms with Gasteiger partial charge in [-0.1, -0.05) is 33.9 Å². The molecule has 0 spiro atoms. The van der Waals surface area contributed by atoms with E-state index in [0.717, 1.165) is 17.2 Å². The van der Waals surface area contributed by atoms with Crippen LogP contribution in [0.4, 0.5) is 5.69 Å². The van der Waals surface area contributed by atoms with E-state index in [-0.39, 0.29) is 5.91 Å². The second-order valence-corrected chi connectivity index (χ2v) is 6.69. The Balaban J connectivity index is 1.80. The molecule has 1 N–H and O–H groups in total. The standard InChI is InChI=1S/C12H10ClN7OS2/c1-7(21)14-8-3-2-4-9(5-8)20-12(16-17-18-20)22-6-10-11(13)23-19-15-10/h2-5H,6H2,1H3,(H,14,21). The van der Waals surface area contributed by atoms with E-state index in [1.165, 1.54) is 18.7 Å². The van der Waals surface area contributed by atoms with E-state index >= 15 is 0 Å². The SMILES string of the molecule is CC(=O)Nc1cccc(-n2nnnc2SCc2nnsc2Cl)c1. The Bertz CT molecular complexity index is 834. The highest BCUT2D eigenvalue weighted by atomic mass is 35.5. The fraction of sp³-hybridized carbons (Fsp3) is 0.167. The number of rotatable bonds is 5. The zero-order chi connectivity index (χ0) is 16.2. The molecule has 0 radical (unpaired) electrons. The van der Waals surface area contributed by atoms with Gasteiger partial charge in [0.25, 0.3) is 0 Å². The second kappa shape index (κ2) is 7.02.